The van der Waals surface area contributed by atoms with Crippen molar-refractivity contribution in [3.05, 3.63) is 58.3 Å². The van der Waals surface area contributed by atoms with Crippen molar-refractivity contribution in [2.75, 3.05) is 6.54 Å². The number of hydrogen-bond acceptors (Lipinski definition) is 7. The van der Waals surface area contributed by atoms with Crippen molar-refractivity contribution in [3.8, 4) is 0 Å². The molecule has 2 heterocycles. The zero-order valence-corrected chi connectivity index (χ0v) is 17.9. The van der Waals surface area contributed by atoms with Crippen molar-refractivity contribution in [3.63, 3.8) is 0 Å². The van der Waals surface area contributed by atoms with Gasteiger partial charge in [-0.2, -0.15) is 8.42 Å². The van der Waals surface area contributed by atoms with Crippen molar-refractivity contribution in [2.45, 2.75) is 18.1 Å². The Morgan fingerprint density at radius 3 is 2.28 bits per heavy atom. The molecule has 1 aliphatic heterocycles. The Morgan fingerprint density at radius 1 is 1.06 bits per heavy atom. The molecule has 3 rings (SSSR count). The maximum atomic E-state index is 12.9. The number of nitrogens with zero attached hydrogens (tertiary/aromatic N) is 1. The second-order valence-electron chi connectivity index (χ2n) is 6.72. The number of primary amides is 1. The summed E-state index contributed by atoms with van der Waals surface area (Å²) in [4.78, 5) is 49.6. The summed E-state index contributed by atoms with van der Waals surface area (Å²) in [5.74, 6) is -2.53. The van der Waals surface area contributed by atoms with Crippen LogP contribution in [-0.2, 0) is 24.7 Å². The number of carbonyl (C=O) groups is 4. The third-order valence-electron chi connectivity index (χ3n) is 4.55. The quantitative estimate of drug-likeness (QED) is 0.247. The first-order valence-electron chi connectivity index (χ1n) is 9.12. The van der Waals surface area contributed by atoms with Gasteiger partial charge in [-0.05, 0) is 17.0 Å². The van der Waals surface area contributed by atoms with Gasteiger partial charge in [0.25, 0.3) is 5.91 Å². The topological polar surface area (TPSA) is 188 Å². The van der Waals surface area contributed by atoms with E-state index in [1.54, 1.807) is 47.8 Å². The molecule has 1 aromatic heterocycles. The highest BCUT2D eigenvalue weighted by Gasteiger charge is 2.45. The highest BCUT2D eigenvalue weighted by Crippen LogP contribution is 2.22. The van der Waals surface area contributed by atoms with Crippen LogP contribution in [0.3, 0.4) is 0 Å². The van der Waals surface area contributed by atoms with Crippen LogP contribution in [-0.4, -0.2) is 53.6 Å². The number of carbonyl (C=O) groups excluding carboxylic acids is 4. The molecule has 0 radical (unpaired) electrons. The molecule has 6 N–H and O–H groups in total. The van der Waals surface area contributed by atoms with E-state index < -0.39 is 58.7 Å². The zero-order chi connectivity index (χ0) is 23.5. The molecule has 3 atom stereocenters. The van der Waals surface area contributed by atoms with E-state index in [-0.39, 0.29) is 4.31 Å². The highest BCUT2D eigenvalue weighted by molar-refractivity contribution is 7.84. The highest BCUT2D eigenvalue weighted by atomic mass is 32.2. The van der Waals surface area contributed by atoms with Gasteiger partial charge in [0, 0.05) is 4.88 Å². The third kappa shape index (κ3) is 5.22. The summed E-state index contributed by atoms with van der Waals surface area (Å²) < 4.78 is 31.3. The largest absolute Gasteiger partial charge is 0.362 e. The van der Waals surface area contributed by atoms with Crippen LogP contribution in [0.5, 0.6) is 0 Å². The molecule has 1 aromatic carbocycles. The van der Waals surface area contributed by atoms with Crippen LogP contribution in [0.2, 0.25) is 0 Å². The normalized spacial score (nSPS) is 17.6. The minimum atomic E-state index is -4.71. The number of benzene rings is 1. The Labute approximate surface area is 186 Å². The maximum Gasteiger partial charge on any atom is 0.362 e. The number of urea groups is 1. The second kappa shape index (κ2) is 9.33. The van der Waals surface area contributed by atoms with Crippen LogP contribution < -0.4 is 21.7 Å². The van der Waals surface area contributed by atoms with Crippen molar-refractivity contribution in [1.29, 1.82) is 0 Å². The number of nitrogens with one attached hydrogen (secondary N) is 3. The summed E-state index contributed by atoms with van der Waals surface area (Å²) in [5, 5.41) is 8.90. The number of hydrogen-bond donors (Lipinski definition) is 5. The standard InChI is InChI=1S/C18H19N5O7S2/c19-18(27)22-14(12-7-4-8-31-12)16(25)21-13(10-5-2-1-3-6-10)15(24)20-11-9-23(17(11)26)32(28,29)30/h1-8,11,13-14H,9H2,(H,20,24)(H,21,25)(H3,19,22,27)(H,28,29,30). The smallest absolute Gasteiger partial charge is 0.352 e. The fourth-order valence-electron chi connectivity index (χ4n) is 3.00. The molecule has 2 aromatic rings. The van der Waals surface area contributed by atoms with Gasteiger partial charge < -0.3 is 21.7 Å². The average Bonchev–Trinajstić information content (AvgIpc) is 3.26. The lowest BCUT2D eigenvalue weighted by Gasteiger charge is -2.36. The summed E-state index contributed by atoms with van der Waals surface area (Å²) in [6.07, 6.45) is 0. The van der Waals surface area contributed by atoms with Crippen molar-refractivity contribution in [2.24, 2.45) is 5.73 Å². The third-order valence-corrected chi connectivity index (χ3v) is 6.37. The zero-order valence-electron chi connectivity index (χ0n) is 16.3. The molecule has 32 heavy (non-hydrogen) atoms. The Bertz CT molecular complexity index is 1120. The van der Waals surface area contributed by atoms with E-state index in [2.05, 4.69) is 16.0 Å². The summed E-state index contributed by atoms with van der Waals surface area (Å²) >= 11 is 1.20. The predicted octanol–water partition coefficient (Wildman–Crippen LogP) is -0.555. The van der Waals surface area contributed by atoms with Gasteiger partial charge in [-0.15, -0.1) is 11.3 Å². The Balaban J connectivity index is 1.79. The van der Waals surface area contributed by atoms with Crippen molar-refractivity contribution < 1.29 is 32.1 Å². The SMILES string of the molecule is NC(=O)NC(C(=O)NC(C(=O)NC1CN(S(=O)(=O)O)C1=O)c1ccccc1)c1cccs1. The molecular formula is C18H19N5O7S2. The minimum absolute atomic E-state index is 0.206. The molecule has 0 saturated carbocycles. The first kappa shape index (κ1) is 23.2. The molecule has 0 bridgehead atoms. The molecule has 14 heteroatoms. The van der Waals surface area contributed by atoms with Crippen molar-refractivity contribution >= 4 is 45.4 Å². The van der Waals surface area contributed by atoms with Gasteiger partial charge in [-0.3, -0.25) is 18.9 Å². The monoisotopic (exact) mass is 481 g/mol. The Kier molecular flexibility index (Phi) is 6.76. The summed E-state index contributed by atoms with van der Waals surface area (Å²) in [6, 6.07) is 6.83. The Hall–Kier alpha value is -3.49. The molecule has 0 spiro atoms. The maximum absolute atomic E-state index is 12.9. The fourth-order valence-corrected chi connectivity index (χ4v) is 4.47. The van der Waals surface area contributed by atoms with Crippen molar-refractivity contribution in [1.82, 2.24) is 20.3 Å². The summed E-state index contributed by atoms with van der Waals surface area (Å²) in [7, 11) is -4.71. The fraction of sp³-hybridized carbons (Fsp3) is 0.222. The number of amides is 5. The molecule has 1 aliphatic rings. The summed E-state index contributed by atoms with van der Waals surface area (Å²) in [5.41, 5.74) is 5.55. The number of β-lactam (4-membered cyclic amide) rings is 1. The van der Waals surface area contributed by atoms with Crippen LogP contribution in [0.15, 0.2) is 47.8 Å². The van der Waals surface area contributed by atoms with E-state index in [1.807, 2.05) is 0 Å². The number of nitrogens with two attached hydrogens (primary N) is 1. The molecule has 5 amide bonds. The van der Waals surface area contributed by atoms with Gasteiger partial charge in [-0.1, -0.05) is 36.4 Å². The van der Waals surface area contributed by atoms with Gasteiger partial charge >= 0.3 is 16.3 Å². The minimum Gasteiger partial charge on any atom is -0.352 e. The van der Waals surface area contributed by atoms with E-state index in [4.69, 9.17) is 10.3 Å². The molecular weight excluding hydrogens is 462 g/mol. The second-order valence-corrected chi connectivity index (χ2v) is 9.03. The lowest BCUT2D eigenvalue weighted by Crippen LogP contribution is -2.66. The van der Waals surface area contributed by atoms with E-state index >= 15 is 0 Å². The van der Waals surface area contributed by atoms with Gasteiger partial charge in [-0.25, -0.2) is 9.10 Å². The molecule has 0 aliphatic carbocycles. The molecule has 1 saturated heterocycles. The van der Waals surface area contributed by atoms with Gasteiger partial charge in [0.05, 0.1) is 6.54 Å². The van der Waals surface area contributed by atoms with E-state index in [9.17, 15) is 27.6 Å². The van der Waals surface area contributed by atoms with E-state index in [0.29, 0.717) is 10.4 Å². The van der Waals surface area contributed by atoms with Crippen LogP contribution in [0.25, 0.3) is 0 Å². The van der Waals surface area contributed by atoms with Crippen LogP contribution in [0, 0.1) is 0 Å². The summed E-state index contributed by atoms with van der Waals surface area (Å²) in [6.45, 7) is -0.445. The first-order chi connectivity index (χ1) is 15.1. The lowest BCUT2D eigenvalue weighted by molar-refractivity contribution is -0.141. The number of thiophene rings is 1. The van der Waals surface area contributed by atoms with E-state index in [1.165, 1.54) is 11.3 Å². The lowest BCUT2D eigenvalue weighted by atomic mass is 10.0. The molecule has 12 nitrogen and oxygen atoms in total. The van der Waals surface area contributed by atoms with Gasteiger partial charge in [0.15, 0.2) is 0 Å². The van der Waals surface area contributed by atoms with Crippen LogP contribution in [0.4, 0.5) is 4.79 Å². The number of rotatable bonds is 8. The predicted molar refractivity (Wildman–Crippen MR) is 112 cm³/mol. The van der Waals surface area contributed by atoms with Gasteiger partial charge in [0.2, 0.25) is 11.8 Å². The van der Waals surface area contributed by atoms with Gasteiger partial charge in [0.1, 0.15) is 18.1 Å². The molecule has 1 fully saturated rings. The first-order valence-corrected chi connectivity index (χ1v) is 11.4. The van der Waals surface area contributed by atoms with E-state index in [0.717, 1.165) is 0 Å². The van der Waals surface area contributed by atoms with Crippen LogP contribution >= 0.6 is 11.3 Å². The Morgan fingerprint density at radius 2 is 1.75 bits per heavy atom. The van der Waals surface area contributed by atoms with Crippen LogP contribution in [0.1, 0.15) is 22.5 Å². The molecule has 3 unspecified atom stereocenters. The average molecular weight is 482 g/mol. The molecule has 170 valence electrons.